The lowest BCUT2D eigenvalue weighted by Crippen LogP contribution is -2.45. The van der Waals surface area contributed by atoms with Crippen molar-refractivity contribution in [2.45, 2.75) is 16.2 Å². The first-order chi connectivity index (χ1) is 17.9. The Balaban J connectivity index is 1.26. The summed E-state index contributed by atoms with van der Waals surface area (Å²) in [7, 11) is 3.77. The normalized spacial score (nSPS) is 14.3. The highest BCUT2D eigenvalue weighted by Gasteiger charge is 2.18. The highest BCUT2D eigenvalue weighted by molar-refractivity contribution is 7.99. The SMILES string of the molecule is CN1CCN(CCOc2ccc(Sc3ccc(CC(=O)N(C)c4ccccc4C(=O)O)cc3)cc2)CC1. The third-order valence-electron chi connectivity index (χ3n) is 6.48. The molecule has 0 unspecified atom stereocenters. The van der Waals surface area contributed by atoms with Crippen molar-refractivity contribution >= 4 is 29.3 Å². The third-order valence-corrected chi connectivity index (χ3v) is 7.50. The number of anilines is 1. The molecule has 7 nitrogen and oxygen atoms in total. The number of ether oxygens (including phenoxy) is 1. The molecule has 1 saturated heterocycles. The number of hydrogen-bond acceptors (Lipinski definition) is 6. The van der Waals surface area contributed by atoms with E-state index in [4.69, 9.17) is 4.74 Å². The second-order valence-electron chi connectivity index (χ2n) is 9.16. The minimum Gasteiger partial charge on any atom is -0.492 e. The van der Waals surface area contributed by atoms with Gasteiger partial charge in [-0.3, -0.25) is 9.69 Å². The van der Waals surface area contributed by atoms with Crippen LogP contribution in [0.4, 0.5) is 5.69 Å². The van der Waals surface area contributed by atoms with Gasteiger partial charge in [0.25, 0.3) is 0 Å². The Morgan fingerprint density at radius 2 is 1.54 bits per heavy atom. The van der Waals surface area contributed by atoms with Gasteiger partial charge in [-0.25, -0.2) is 4.79 Å². The number of rotatable bonds is 10. The number of carboxylic acid groups (broad SMARTS) is 1. The number of nitrogens with zero attached hydrogens (tertiary/aromatic N) is 3. The maximum atomic E-state index is 12.8. The van der Waals surface area contributed by atoms with Crippen molar-refractivity contribution in [2.24, 2.45) is 0 Å². The largest absolute Gasteiger partial charge is 0.492 e. The lowest BCUT2D eigenvalue weighted by atomic mass is 10.1. The monoisotopic (exact) mass is 519 g/mol. The lowest BCUT2D eigenvalue weighted by Gasteiger charge is -2.32. The number of carbonyl (C=O) groups excluding carboxylic acids is 1. The number of carbonyl (C=O) groups is 2. The van der Waals surface area contributed by atoms with Crippen LogP contribution in [0.5, 0.6) is 5.75 Å². The molecule has 3 aromatic carbocycles. The van der Waals surface area contributed by atoms with Gasteiger partial charge in [-0.2, -0.15) is 0 Å². The smallest absolute Gasteiger partial charge is 0.337 e. The van der Waals surface area contributed by atoms with Crippen LogP contribution < -0.4 is 9.64 Å². The van der Waals surface area contributed by atoms with Crippen molar-refractivity contribution in [1.29, 1.82) is 0 Å². The molecular formula is C29H33N3O4S. The van der Waals surface area contributed by atoms with Gasteiger partial charge in [0.05, 0.1) is 17.7 Å². The zero-order valence-electron chi connectivity index (χ0n) is 21.3. The van der Waals surface area contributed by atoms with Crippen LogP contribution in [0.2, 0.25) is 0 Å². The highest BCUT2D eigenvalue weighted by Crippen LogP contribution is 2.29. The fourth-order valence-corrected chi connectivity index (χ4v) is 4.97. The van der Waals surface area contributed by atoms with Crippen molar-refractivity contribution < 1.29 is 19.4 Å². The molecule has 194 valence electrons. The molecule has 0 bridgehead atoms. The van der Waals surface area contributed by atoms with Gasteiger partial charge in [-0.05, 0) is 61.1 Å². The van der Waals surface area contributed by atoms with Gasteiger partial charge in [0, 0.05) is 49.6 Å². The average Bonchev–Trinajstić information content (AvgIpc) is 2.91. The van der Waals surface area contributed by atoms with Crippen LogP contribution in [0.25, 0.3) is 0 Å². The van der Waals surface area contributed by atoms with Gasteiger partial charge in [-0.15, -0.1) is 0 Å². The summed E-state index contributed by atoms with van der Waals surface area (Å²) in [6.07, 6.45) is 0.190. The number of hydrogen-bond donors (Lipinski definition) is 1. The van der Waals surface area contributed by atoms with Crippen LogP contribution in [0, 0.1) is 0 Å². The van der Waals surface area contributed by atoms with Gasteiger partial charge < -0.3 is 19.6 Å². The number of para-hydroxylation sites is 1. The van der Waals surface area contributed by atoms with Gasteiger partial charge in [0.2, 0.25) is 5.91 Å². The van der Waals surface area contributed by atoms with Crippen molar-refractivity contribution in [3.63, 3.8) is 0 Å². The molecule has 1 amide bonds. The number of piperazine rings is 1. The number of carboxylic acids is 1. The van der Waals surface area contributed by atoms with E-state index < -0.39 is 5.97 Å². The zero-order valence-corrected chi connectivity index (χ0v) is 22.1. The Hall–Kier alpha value is -3.33. The predicted octanol–water partition coefficient (Wildman–Crippen LogP) is 4.37. The molecule has 1 heterocycles. The molecule has 4 rings (SSSR count). The molecule has 0 aliphatic carbocycles. The number of likely N-dealkylation sites (N-methyl/N-ethyl adjacent to an activating group) is 2. The first-order valence-electron chi connectivity index (χ1n) is 12.4. The Labute approximate surface area is 222 Å². The molecule has 0 spiro atoms. The maximum absolute atomic E-state index is 12.8. The first-order valence-corrected chi connectivity index (χ1v) is 13.2. The topological polar surface area (TPSA) is 73.3 Å². The van der Waals surface area contributed by atoms with E-state index >= 15 is 0 Å². The van der Waals surface area contributed by atoms with E-state index in [0.29, 0.717) is 12.3 Å². The maximum Gasteiger partial charge on any atom is 0.337 e. The number of aromatic carboxylic acids is 1. The summed E-state index contributed by atoms with van der Waals surface area (Å²) >= 11 is 1.65. The molecule has 37 heavy (non-hydrogen) atoms. The number of benzene rings is 3. The summed E-state index contributed by atoms with van der Waals surface area (Å²) in [6, 6.07) is 22.5. The molecule has 8 heteroatoms. The van der Waals surface area contributed by atoms with Crippen LogP contribution in [-0.4, -0.2) is 80.2 Å². The molecule has 0 radical (unpaired) electrons. The fraction of sp³-hybridized carbons (Fsp3) is 0.310. The van der Waals surface area contributed by atoms with Crippen LogP contribution in [0.15, 0.2) is 82.6 Å². The van der Waals surface area contributed by atoms with E-state index in [1.807, 2.05) is 36.4 Å². The van der Waals surface area contributed by atoms with E-state index in [0.717, 1.165) is 53.8 Å². The van der Waals surface area contributed by atoms with Gasteiger partial charge in [0.1, 0.15) is 12.4 Å². The molecule has 0 atom stereocenters. The van der Waals surface area contributed by atoms with E-state index in [1.54, 1.807) is 37.0 Å². The van der Waals surface area contributed by atoms with Crippen LogP contribution in [-0.2, 0) is 11.2 Å². The summed E-state index contributed by atoms with van der Waals surface area (Å²) in [5, 5.41) is 9.40. The average molecular weight is 520 g/mol. The Kier molecular flexibility index (Phi) is 9.22. The number of amides is 1. The quantitative estimate of drug-likeness (QED) is 0.427. The summed E-state index contributed by atoms with van der Waals surface area (Å²) in [5.74, 6) is -0.347. The fourth-order valence-electron chi connectivity index (χ4n) is 4.15. The van der Waals surface area contributed by atoms with Gasteiger partial charge >= 0.3 is 5.97 Å². The van der Waals surface area contributed by atoms with Crippen molar-refractivity contribution in [2.75, 3.05) is 58.3 Å². The molecule has 3 aromatic rings. The van der Waals surface area contributed by atoms with Crippen molar-refractivity contribution in [3.05, 3.63) is 83.9 Å². The second-order valence-corrected chi connectivity index (χ2v) is 10.3. The molecule has 1 N–H and O–H groups in total. The van der Waals surface area contributed by atoms with Crippen LogP contribution >= 0.6 is 11.8 Å². The predicted molar refractivity (Wildman–Crippen MR) is 147 cm³/mol. The van der Waals surface area contributed by atoms with Gasteiger partial charge in [-0.1, -0.05) is 36.0 Å². The minimum absolute atomic E-state index is 0.108. The highest BCUT2D eigenvalue weighted by atomic mass is 32.2. The summed E-state index contributed by atoms with van der Waals surface area (Å²) in [4.78, 5) is 32.6. The Bertz CT molecular complexity index is 1190. The van der Waals surface area contributed by atoms with Gasteiger partial charge in [0.15, 0.2) is 0 Å². The zero-order chi connectivity index (χ0) is 26.2. The molecule has 1 aliphatic rings. The molecular weight excluding hydrogens is 486 g/mol. The third kappa shape index (κ3) is 7.58. The summed E-state index contributed by atoms with van der Waals surface area (Å²) in [5.41, 5.74) is 1.37. The van der Waals surface area contributed by atoms with Crippen LogP contribution in [0.3, 0.4) is 0 Å². The van der Waals surface area contributed by atoms with E-state index in [2.05, 4.69) is 29.0 Å². The second kappa shape index (κ2) is 12.8. The lowest BCUT2D eigenvalue weighted by molar-refractivity contribution is -0.117. The summed E-state index contributed by atoms with van der Waals surface area (Å²) < 4.78 is 5.93. The van der Waals surface area contributed by atoms with Crippen molar-refractivity contribution in [1.82, 2.24) is 9.80 Å². The van der Waals surface area contributed by atoms with E-state index in [-0.39, 0.29) is 17.9 Å². The Morgan fingerprint density at radius 1 is 0.919 bits per heavy atom. The standard InChI is InChI=1S/C29H33N3O4S/c1-30-15-17-32(18-16-30)19-20-36-23-9-13-25(14-10-23)37-24-11-7-22(8-12-24)21-28(33)31(2)27-6-4-3-5-26(27)29(34)35/h3-14H,15-21H2,1-2H3,(H,34,35). The minimum atomic E-state index is -1.05. The Morgan fingerprint density at radius 3 is 2.19 bits per heavy atom. The van der Waals surface area contributed by atoms with E-state index in [9.17, 15) is 14.7 Å². The van der Waals surface area contributed by atoms with E-state index in [1.165, 1.54) is 11.0 Å². The summed E-state index contributed by atoms with van der Waals surface area (Å²) in [6.45, 7) is 6.05. The molecule has 1 fully saturated rings. The van der Waals surface area contributed by atoms with Crippen LogP contribution in [0.1, 0.15) is 15.9 Å². The molecule has 1 aliphatic heterocycles. The van der Waals surface area contributed by atoms with Crippen molar-refractivity contribution in [3.8, 4) is 5.75 Å². The first kappa shape index (κ1) is 26.7. The molecule has 0 aromatic heterocycles. The molecule has 0 saturated carbocycles.